The lowest BCUT2D eigenvalue weighted by atomic mass is 10.0. The van der Waals surface area contributed by atoms with Crippen molar-refractivity contribution in [1.29, 1.82) is 0 Å². The first-order valence-corrected chi connectivity index (χ1v) is 8.41. The van der Waals surface area contributed by atoms with Crippen molar-refractivity contribution in [1.82, 2.24) is 10.6 Å². The number of benzene rings is 2. The highest BCUT2D eigenvalue weighted by Crippen LogP contribution is 2.19. The molecule has 4 N–H and O–H groups in total. The summed E-state index contributed by atoms with van der Waals surface area (Å²) in [5.74, 6) is -0.514. The van der Waals surface area contributed by atoms with E-state index in [9.17, 15) is 9.59 Å². The number of carbonyl (C=O) groups is 2. The Balaban J connectivity index is 1.79. The van der Waals surface area contributed by atoms with Crippen LogP contribution in [0, 0.1) is 5.92 Å². The van der Waals surface area contributed by atoms with E-state index in [1.807, 2.05) is 56.3 Å². The summed E-state index contributed by atoms with van der Waals surface area (Å²) in [7, 11) is 0. The minimum Gasteiger partial charge on any atom is -0.350 e. The van der Waals surface area contributed by atoms with Crippen molar-refractivity contribution in [3.05, 3.63) is 60.2 Å². The van der Waals surface area contributed by atoms with Crippen LogP contribution in [0.15, 0.2) is 54.6 Å². The SMILES string of the molecule is CC(C)[C@H](N)C(=O)NCC(=O)NCc1ccc(-c2ccccc2)cc1. The summed E-state index contributed by atoms with van der Waals surface area (Å²) in [4.78, 5) is 23.6. The molecule has 0 heterocycles. The van der Waals surface area contributed by atoms with Gasteiger partial charge in [0.15, 0.2) is 0 Å². The van der Waals surface area contributed by atoms with Crippen molar-refractivity contribution in [3.8, 4) is 11.1 Å². The molecule has 2 rings (SSSR count). The fraction of sp³-hybridized carbons (Fsp3) is 0.300. The molecule has 0 fully saturated rings. The molecule has 1 atom stereocenters. The number of hydrogen-bond donors (Lipinski definition) is 3. The van der Waals surface area contributed by atoms with E-state index in [1.165, 1.54) is 0 Å². The van der Waals surface area contributed by atoms with Crippen molar-refractivity contribution in [2.45, 2.75) is 26.4 Å². The summed E-state index contributed by atoms with van der Waals surface area (Å²) < 4.78 is 0. The number of rotatable bonds is 7. The molecule has 5 heteroatoms. The second-order valence-corrected chi connectivity index (χ2v) is 6.33. The zero-order chi connectivity index (χ0) is 18.2. The van der Waals surface area contributed by atoms with Crippen molar-refractivity contribution in [2.24, 2.45) is 11.7 Å². The summed E-state index contributed by atoms with van der Waals surface area (Å²) >= 11 is 0. The third-order valence-electron chi connectivity index (χ3n) is 3.99. The third-order valence-corrected chi connectivity index (χ3v) is 3.99. The molecule has 0 aliphatic carbocycles. The van der Waals surface area contributed by atoms with Crippen LogP contribution in [0.4, 0.5) is 0 Å². The minimum atomic E-state index is -0.599. The van der Waals surface area contributed by atoms with Crippen LogP contribution < -0.4 is 16.4 Å². The number of carbonyl (C=O) groups excluding carboxylic acids is 2. The van der Waals surface area contributed by atoms with Gasteiger partial charge in [-0.05, 0) is 22.6 Å². The Kier molecular flexibility index (Phi) is 6.71. The van der Waals surface area contributed by atoms with Gasteiger partial charge in [0.2, 0.25) is 11.8 Å². The first-order valence-electron chi connectivity index (χ1n) is 8.41. The van der Waals surface area contributed by atoms with Gasteiger partial charge in [-0.25, -0.2) is 0 Å². The largest absolute Gasteiger partial charge is 0.350 e. The molecule has 5 nitrogen and oxygen atoms in total. The van der Waals surface area contributed by atoms with E-state index in [2.05, 4.69) is 22.8 Å². The molecule has 0 saturated heterocycles. The standard InChI is InChI=1S/C20H25N3O2/c1-14(2)19(21)20(25)23-13-18(24)22-12-15-8-10-17(11-9-15)16-6-4-3-5-7-16/h3-11,14,19H,12-13,21H2,1-2H3,(H,22,24)(H,23,25)/t19-/m0/s1. The van der Waals surface area contributed by atoms with Crippen LogP contribution in [0.2, 0.25) is 0 Å². The Hall–Kier alpha value is -2.66. The van der Waals surface area contributed by atoms with E-state index < -0.39 is 6.04 Å². The summed E-state index contributed by atoms with van der Waals surface area (Å²) in [6.45, 7) is 4.08. The molecule has 0 aromatic heterocycles. The second kappa shape index (κ2) is 8.99. The Morgan fingerprint density at radius 2 is 1.52 bits per heavy atom. The molecule has 0 aliphatic rings. The molecule has 0 unspecified atom stereocenters. The Labute approximate surface area is 148 Å². The van der Waals surface area contributed by atoms with Crippen LogP contribution in [-0.4, -0.2) is 24.4 Å². The highest BCUT2D eigenvalue weighted by atomic mass is 16.2. The number of nitrogens with one attached hydrogen (secondary N) is 2. The zero-order valence-electron chi connectivity index (χ0n) is 14.7. The summed E-state index contributed by atoms with van der Waals surface area (Å²) in [6, 6.07) is 17.5. The molecular weight excluding hydrogens is 314 g/mol. The fourth-order valence-electron chi connectivity index (χ4n) is 2.30. The molecule has 2 amide bonds. The number of amides is 2. The van der Waals surface area contributed by atoms with Crippen LogP contribution in [0.3, 0.4) is 0 Å². The smallest absolute Gasteiger partial charge is 0.239 e. The van der Waals surface area contributed by atoms with Crippen molar-refractivity contribution >= 4 is 11.8 Å². The van der Waals surface area contributed by atoms with E-state index in [-0.39, 0.29) is 24.3 Å². The van der Waals surface area contributed by atoms with Crippen molar-refractivity contribution in [2.75, 3.05) is 6.54 Å². The van der Waals surface area contributed by atoms with Crippen LogP contribution in [-0.2, 0) is 16.1 Å². The summed E-state index contributed by atoms with van der Waals surface area (Å²) in [5.41, 5.74) is 9.01. The molecule has 25 heavy (non-hydrogen) atoms. The first kappa shape index (κ1) is 18.7. The van der Waals surface area contributed by atoms with Crippen LogP contribution in [0.25, 0.3) is 11.1 Å². The fourth-order valence-corrected chi connectivity index (χ4v) is 2.30. The maximum absolute atomic E-state index is 11.8. The third kappa shape index (κ3) is 5.72. The van der Waals surface area contributed by atoms with E-state index in [0.29, 0.717) is 6.54 Å². The van der Waals surface area contributed by atoms with E-state index in [0.717, 1.165) is 16.7 Å². The first-order chi connectivity index (χ1) is 12.0. The van der Waals surface area contributed by atoms with Crippen LogP contribution in [0.5, 0.6) is 0 Å². The number of nitrogens with two attached hydrogens (primary N) is 1. The highest BCUT2D eigenvalue weighted by Gasteiger charge is 2.17. The lowest BCUT2D eigenvalue weighted by Gasteiger charge is -2.15. The molecule has 0 radical (unpaired) electrons. The van der Waals surface area contributed by atoms with Gasteiger partial charge in [0.25, 0.3) is 0 Å². The maximum atomic E-state index is 11.8. The number of hydrogen-bond acceptors (Lipinski definition) is 3. The predicted molar refractivity (Wildman–Crippen MR) is 99.5 cm³/mol. The monoisotopic (exact) mass is 339 g/mol. The van der Waals surface area contributed by atoms with Gasteiger partial charge in [0.05, 0.1) is 12.6 Å². The van der Waals surface area contributed by atoms with E-state index in [4.69, 9.17) is 5.73 Å². The zero-order valence-corrected chi connectivity index (χ0v) is 14.7. The van der Waals surface area contributed by atoms with Gasteiger partial charge in [-0.15, -0.1) is 0 Å². The molecule has 132 valence electrons. The Morgan fingerprint density at radius 1 is 0.920 bits per heavy atom. The summed E-state index contributed by atoms with van der Waals surface area (Å²) in [6.07, 6.45) is 0. The molecule has 0 aliphatic heterocycles. The second-order valence-electron chi connectivity index (χ2n) is 6.33. The van der Waals surface area contributed by atoms with Crippen molar-refractivity contribution < 1.29 is 9.59 Å². The molecule has 2 aromatic rings. The van der Waals surface area contributed by atoms with Gasteiger partial charge in [-0.1, -0.05) is 68.4 Å². The van der Waals surface area contributed by atoms with E-state index in [1.54, 1.807) is 0 Å². The van der Waals surface area contributed by atoms with Crippen LogP contribution >= 0.6 is 0 Å². The maximum Gasteiger partial charge on any atom is 0.239 e. The predicted octanol–water partition coefficient (Wildman–Crippen LogP) is 2.07. The van der Waals surface area contributed by atoms with E-state index >= 15 is 0 Å². The Morgan fingerprint density at radius 3 is 2.12 bits per heavy atom. The minimum absolute atomic E-state index is 0.0335. The average molecular weight is 339 g/mol. The Bertz CT molecular complexity index is 697. The lowest BCUT2D eigenvalue weighted by molar-refractivity contribution is -0.127. The quantitative estimate of drug-likeness (QED) is 0.722. The highest BCUT2D eigenvalue weighted by molar-refractivity contribution is 5.87. The van der Waals surface area contributed by atoms with Gasteiger partial charge in [0, 0.05) is 6.54 Å². The molecule has 0 bridgehead atoms. The molecule has 0 spiro atoms. The van der Waals surface area contributed by atoms with Gasteiger partial charge in [0.1, 0.15) is 0 Å². The van der Waals surface area contributed by atoms with Gasteiger partial charge >= 0.3 is 0 Å². The lowest BCUT2D eigenvalue weighted by Crippen LogP contribution is -2.47. The van der Waals surface area contributed by atoms with Gasteiger partial charge in [-0.3, -0.25) is 9.59 Å². The normalized spacial score (nSPS) is 11.8. The van der Waals surface area contributed by atoms with Crippen LogP contribution in [0.1, 0.15) is 19.4 Å². The molecule has 0 saturated carbocycles. The van der Waals surface area contributed by atoms with Crippen molar-refractivity contribution in [3.63, 3.8) is 0 Å². The van der Waals surface area contributed by atoms with Gasteiger partial charge < -0.3 is 16.4 Å². The summed E-state index contributed by atoms with van der Waals surface area (Å²) in [5, 5.41) is 5.34. The average Bonchev–Trinajstić information content (AvgIpc) is 2.64. The molecular formula is C20H25N3O2. The topological polar surface area (TPSA) is 84.2 Å². The molecule has 2 aromatic carbocycles. The van der Waals surface area contributed by atoms with Gasteiger partial charge in [-0.2, -0.15) is 0 Å².